The molecule has 1 aliphatic heterocycles. The van der Waals surface area contributed by atoms with Crippen LogP contribution in [0.3, 0.4) is 0 Å². The highest BCUT2D eigenvalue weighted by Crippen LogP contribution is 2.27. The Morgan fingerprint density at radius 1 is 1.14 bits per heavy atom. The fourth-order valence-corrected chi connectivity index (χ4v) is 4.03. The summed E-state index contributed by atoms with van der Waals surface area (Å²) < 4.78 is 5.25. The van der Waals surface area contributed by atoms with Gasteiger partial charge in [0.25, 0.3) is 5.56 Å². The summed E-state index contributed by atoms with van der Waals surface area (Å²) in [6.07, 6.45) is 7.24. The van der Waals surface area contributed by atoms with E-state index in [-0.39, 0.29) is 11.6 Å². The van der Waals surface area contributed by atoms with E-state index < -0.39 is 0 Å². The number of anilines is 1. The smallest absolute Gasteiger partial charge is 0.266 e. The van der Waals surface area contributed by atoms with E-state index in [1.165, 1.54) is 0 Å². The van der Waals surface area contributed by atoms with Gasteiger partial charge in [0.05, 0.1) is 18.3 Å². The Balaban J connectivity index is 1.50. The van der Waals surface area contributed by atoms with Gasteiger partial charge in [0, 0.05) is 42.8 Å². The standard InChI is InChI=1S/C20H22N8O/c1-14-11-19(28-18(22-14)10-15(2)23-28)26-8-3-4-16(26)12-27-20(29)6-5-17(24-27)25-9-7-21-13-25/h5-7,9-11,13,16H,3-4,8,12H2,1-2H3. The molecule has 1 fully saturated rings. The van der Waals surface area contributed by atoms with Crippen LogP contribution in [0.15, 0.2) is 47.8 Å². The number of imidazole rings is 1. The minimum absolute atomic E-state index is 0.105. The van der Waals surface area contributed by atoms with Crippen LogP contribution in [0, 0.1) is 13.8 Å². The van der Waals surface area contributed by atoms with Crippen LogP contribution in [0.2, 0.25) is 0 Å². The number of nitrogens with zero attached hydrogens (tertiary/aromatic N) is 8. The van der Waals surface area contributed by atoms with E-state index in [1.807, 2.05) is 30.6 Å². The molecule has 1 unspecified atom stereocenters. The van der Waals surface area contributed by atoms with E-state index in [0.29, 0.717) is 12.4 Å². The molecular formula is C20H22N8O. The highest BCUT2D eigenvalue weighted by Gasteiger charge is 2.28. The minimum Gasteiger partial charge on any atom is -0.352 e. The van der Waals surface area contributed by atoms with Crippen LogP contribution < -0.4 is 10.5 Å². The molecule has 0 aliphatic carbocycles. The number of aryl methyl sites for hydroxylation is 2. The maximum Gasteiger partial charge on any atom is 0.266 e. The third kappa shape index (κ3) is 3.18. The number of fused-ring (bicyclic) bond motifs is 1. The van der Waals surface area contributed by atoms with Crippen LogP contribution in [0.25, 0.3) is 11.5 Å². The van der Waals surface area contributed by atoms with Gasteiger partial charge in [-0.3, -0.25) is 9.36 Å². The molecule has 0 radical (unpaired) electrons. The Hall–Kier alpha value is -3.49. The lowest BCUT2D eigenvalue weighted by atomic mass is 10.2. The number of aromatic nitrogens is 7. The maximum absolute atomic E-state index is 12.5. The summed E-state index contributed by atoms with van der Waals surface area (Å²) in [5.41, 5.74) is 2.63. The molecule has 4 aromatic rings. The van der Waals surface area contributed by atoms with Crippen LogP contribution >= 0.6 is 0 Å². The van der Waals surface area contributed by atoms with Crippen LogP contribution in [0.1, 0.15) is 24.2 Å². The van der Waals surface area contributed by atoms with Crippen LogP contribution in [-0.2, 0) is 6.54 Å². The Morgan fingerprint density at radius 3 is 2.86 bits per heavy atom. The summed E-state index contributed by atoms with van der Waals surface area (Å²) >= 11 is 0. The lowest BCUT2D eigenvalue weighted by molar-refractivity contribution is 0.482. The molecule has 0 N–H and O–H groups in total. The topological polar surface area (TPSA) is 86.1 Å². The number of hydrogen-bond donors (Lipinski definition) is 0. The Bertz CT molecular complexity index is 1220. The zero-order valence-electron chi connectivity index (χ0n) is 16.4. The monoisotopic (exact) mass is 390 g/mol. The molecule has 148 valence electrons. The van der Waals surface area contributed by atoms with Gasteiger partial charge in [0.15, 0.2) is 11.5 Å². The first-order chi connectivity index (χ1) is 14.1. The summed E-state index contributed by atoms with van der Waals surface area (Å²) in [6, 6.07) is 7.49. The summed E-state index contributed by atoms with van der Waals surface area (Å²) in [5.74, 6) is 1.69. The molecule has 5 heterocycles. The van der Waals surface area contributed by atoms with E-state index >= 15 is 0 Å². The second-order valence-electron chi connectivity index (χ2n) is 7.48. The molecule has 1 atom stereocenters. The fourth-order valence-electron chi connectivity index (χ4n) is 4.03. The summed E-state index contributed by atoms with van der Waals surface area (Å²) in [5, 5.41) is 9.18. The predicted molar refractivity (Wildman–Crippen MR) is 108 cm³/mol. The van der Waals surface area contributed by atoms with Gasteiger partial charge in [-0.25, -0.2) is 14.6 Å². The van der Waals surface area contributed by atoms with E-state index in [9.17, 15) is 4.79 Å². The molecular weight excluding hydrogens is 368 g/mol. The van der Waals surface area contributed by atoms with Gasteiger partial charge in [0.2, 0.25) is 0 Å². The third-order valence-electron chi connectivity index (χ3n) is 5.34. The number of rotatable bonds is 4. The minimum atomic E-state index is -0.105. The van der Waals surface area contributed by atoms with Crippen molar-refractivity contribution >= 4 is 11.5 Å². The van der Waals surface area contributed by atoms with Crippen LogP contribution in [0.5, 0.6) is 0 Å². The molecule has 1 aliphatic rings. The van der Waals surface area contributed by atoms with E-state index in [4.69, 9.17) is 0 Å². The second-order valence-corrected chi connectivity index (χ2v) is 7.48. The number of hydrogen-bond acceptors (Lipinski definition) is 6. The van der Waals surface area contributed by atoms with Crippen molar-refractivity contribution in [2.75, 3.05) is 11.4 Å². The second kappa shape index (κ2) is 6.84. The van der Waals surface area contributed by atoms with Gasteiger partial charge in [0.1, 0.15) is 12.1 Å². The van der Waals surface area contributed by atoms with E-state index in [2.05, 4.69) is 31.1 Å². The molecule has 1 saturated heterocycles. The van der Waals surface area contributed by atoms with Crippen molar-refractivity contribution in [2.45, 2.75) is 39.3 Å². The highest BCUT2D eigenvalue weighted by atomic mass is 16.1. The lowest BCUT2D eigenvalue weighted by Gasteiger charge is -2.27. The van der Waals surface area contributed by atoms with Crippen molar-refractivity contribution in [3.63, 3.8) is 0 Å². The average Bonchev–Trinajstić information content (AvgIpc) is 3.43. The van der Waals surface area contributed by atoms with Gasteiger partial charge >= 0.3 is 0 Å². The van der Waals surface area contributed by atoms with E-state index in [1.54, 1.807) is 33.9 Å². The van der Waals surface area contributed by atoms with Crippen molar-refractivity contribution < 1.29 is 0 Å². The van der Waals surface area contributed by atoms with Gasteiger partial charge in [-0.1, -0.05) is 0 Å². The van der Waals surface area contributed by atoms with Gasteiger partial charge in [-0.15, -0.1) is 0 Å². The predicted octanol–water partition coefficient (Wildman–Crippen LogP) is 1.76. The normalized spacial score (nSPS) is 16.8. The largest absolute Gasteiger partial charge is 0.352 e. The first kappa shape index (κ1) is 17.6. The summed E-state index contributed by atoms with van der Waals surface area (Å²) in [4.78, 5) is 23.4. The first-order valence-electron chi connectivity index (χ1n) is 9.76. The molecule has 5 rings (SSSR count). The van der Waals surface area contributed by atoms with Crippen molar-refractivity contribution in [1.82, 2.24) is 33.9 Å². The van der Waals surface area contributed by atoms with Crippen molar-refractivity contribution in [2.24, 2.45) is 0 Å². The lowest BCUT2D eigenvalue weighted by Crippen LogP contribution is -2.38. The van der Waals surface area contributed by atoms with Crippen LogP contribution in [0.4, 0.5) is 5.82 Å². The molecule has 0 spiro atoms. The molecule has 0 aromatic carbocycles. The average molecular weight is 390 g/mol. The zero-order valence-corrected chi connectivity index (χ0v) is 16.4. The molecule has 0 bridgehead atoms. The maximum atomic E-state index is 12.5. The van der Waals surface area contributed by atoms with Crippen molar-refractivity contribution in [3.8, 4) is 5.82 Å². The van der Waals surface area contributed by atoms with E-state index in [0.717, 1.165) is 42.2 Å². The molecule has 29 heavy (non-hydrogen) atoms. The first-order valence-corrected chi connectivity index (χ1v) is 9.76. The fraction of sp³-hybridized carbons (Fsp3) is 0.350. The quantitative estimate of drug-likeness (QED) is 0.528. The SMILES string of the molecule is Cc1cc(N2CCCC2Cn2nc(-n3ccnc3)ccc2=O)n2nc(C)cc2n1. The molecule has 4 aromatic heterocycles. The Labute approximate surface area is 167 Å². The molecule has 9 heteroatoms. The van der Waals surface area contributed by atoms with Crippen LogP contribution in [-0.4, -0.2) is 46.5 Å². The highest BCUT2D eigenvalue weighted by molar-refractivity contribution is 5.53. The van der Waals surface area contributed by atoms with Gasteiger partial charge in [-0.05, 0) is 32.8 Å². The van der Waals surface area contributed by atoms with Crippen molar-refractivity contribution in [3.05, 3.63) is 64.7 Å². The zero-order chi connectivity index (χ0) is 20.0. The summed E-state index contributed by atoms with van der Waals surface area (Å²) in [6.45, 7) is 5.40. The Morgan fingerprint density at radius 2 is 2.03 bits per heavy atom. The molecule has 0 amide bonds. The van der Waals surface area contributed by atoms with Crippen molar-refractivity contribution in [1.29, 1.82) is 0 Å². The van der Waals surface area contributed by atoms with Gasteiger partial charge in [-0.2, -0.15) is 14.7 Å². The third-order valence-corrected chi connectivity index (χ3v) is 5.34. The van der Waals surface area contributed by atoms with Gasteiger partial charge < -0.3 is 4.90 Å². The molecule has 9 nitrogen and oxygen atoms in total. The Kier molecular flexibility index (Phi) is 4.15. The molecule has 0 saturated carbocycles. The summed E-state index contributed by atoms with van der Waals surface area (Å²) in [7, 11) is 0.